The highest BCUT2D eigenvalue weighted by atomic mass is 15.2. The molecule has 1 aromatic rings. The van der Waals surface area contributed by atoms with Gasteiger partial charge >= 0.3 is 0 Å². The summed E-state index contributed by atoms with van der Waals surface area (Å²) >= 11 is 0. The van der Waals surface area contributed by atoms with Gasteiger partial charge in [0.05, 0.1) is 0 Å². The molecule has 0 saturated carbocycles. The molecule has 1 aliphatic heterocycles. The van der Waals surface area contributed by atoms with Gasteiger partial charge in [-0.3, -0.25) is 0 Å². The molecule has 1 aliphatic rings. The fourth-order valence-electron chi connectivity index (χ4n) is 3.61. The minimum Gasteiger partial charge on any atom is -0.310 e. The Morgan fingerprint density at radius 2 is 1.90 bits per heavy atom. The summed E-state index contributed by atoms with van der Waals surface area (Å²) in [5, 5.41) is 3.87. The van der Waals surface area contributed by atoms with Gasteiger partial charge in [-0.15, -0.1) is 0 Å². The van der Waals surface area contributed by atoms with Gasteiger partial charge in [0.2, 0.25) is 0 Å². The van der Waals surface area contributed by atoms with Crippen molar-refractivity contribution in [3.05, 3.63) is 35.9 Å². The number of hydrogen-bond acceptors (Lipinski definition) is 2. The highest BCUT2D eigenvalue weighted by molar-refractivity contribution is 5.14. The minimum absolute atomic E-state index is 0.652. The molecule has 1 saturated heterocycles. The lowest BCUT2D eigenvalue weighted by Gasteiger charge is -2.26. The topological polar surface area (TPSA) is 15.3 Å². The molecule has 0 bridgehead atoms. The maximum atomic E-state index is 3.87. The van der Waals surface area contributed by atoms with Crippen LogP contribution in [0.15, 0.2) is 30.3 Å². The number of benzene rings is 1. The van der Waals surface area contributed by atoms with E-state index in [0.29, 0.717) is 12.1 Å². The van der Waals surface area contributed by atoms with Crippen molar-refractivity contribution in [3.8, 4) is 0 Å². The lowest BCUT2D eigenvalue weighted by Crippen LogP contribution is -2.42. The smallest absolute Gasteiger partial charge is 0.0209 e. The van der Waals surface area contributed by atoms with Gasteiger partial charge in [-0.05, 0) is 37.8 Å². The number of nitrogens with one attached hydrogen (secondary N) is 1. The van der Waals surface area contributed by atoms with E-state index in [1.807, 2.05) is 0 Å². The summed E-state index contributed by atoms with van der Waals surface area (Å²) in [6, 6.07) is 12.2. The summed E-state index contributed by atoms with van der Waals surface area (Å²) in [5.41, 5.74) is 1.46. The largest absolute Gasteiger partial charge is 0.310 e. The molecule has 1 aromatic carbocycles. The van der Waals surface area contributed by atoms with Crippen LogP contribution in [0.25, 0.3) is 0 Å². The molecule has 1 heterocycles. The Balaban J connectivity index is 1.71. The van der Waals surface area contributed by atoms with Gasteiger partial charge in [0.15, 0.2) is 0 Å². The third kappa shape index (κ3) is 5.12. The predicted octanol–water partition coefficient (Wildman–Crippen LogP) is 3.72. The number of likely N-dealkylation sites (tertiary alicyclic amines) is 1. The molecule has 2 nitrogen and oxygen atoms in total. The molecular formula is C19H32N2. The zero-order chi connectivity index (χ0) is 15.1. The Morgan fingerprint density at radius 1 is 1.19 bits per heavy atom. The van der Waals surface area contributed by atoms with Gasteiger partial charge in [0, 0.05) is 25.2 Å². The number of rotatable bonds is 8. The van der Waals surface area contributed by atoms with Crippen LogP contribution in [0.1, 0.15) is 45.6 Å². The third-order valence-corrected chi connectivity index (χ3v) is 5.09. The molecule has 2 rings (SSSR count). The quantitative estimate of drug-likeness (QED) is 0.784. The van der Waals surface area contributed by atoms with Crippen LogP contribution in [0.2, 0.25) is 0 Å². The monoisotopic (exact) mass is 288 g/mol. The van der Waals surface area contributed by atoms with Crippen LogP contribution >= 0.6 is 0 Å². The average Bonchev–Trinajstić information content (AvgIpc) is 2.95. The molecule has 0 radical (unpaired) electrons. The van der Waals surface area contributed by atoms with E-state index in [1.165, 1.54) is 50.9 Å². The van der Waals surface area contributed by atoms with Crippen LogP contribution in [0.4, 0.5) is 0 Å². The molecule has 0 aromatic heterocycles. The van der Waals surface area contributed by atoms with Crippen LogP contribution in [0.5, 0.6) is 0 Å². The first kappa shape index (κ1) is 16.5. The SMILES string of the molecule is CCC(CC)C(C)NC1CCN(CCc2ccccc2)C1. The molecule has 2 atom stereocenters. The van der Waals surface area contributed by atoms with Gasteiger partial charge < -0.3 is 10.2 Å². The molecule has 118 valence electrons. The molecule has 21 heavy (non-hydrogen) atoms. The van der Waals surface area contributed by atoms with Gasteiger partial charge in [-0.1, -0.05) is 57.0 Å². The fraction of sp³-hybridized carbons (Fsp3) is 0.684. The average molecular weight is 288 g/mol. The molecule has 2 unspecified atom stereocenters. The minimum atomic E-state index is 0.652. The van der Waals surface area contributed by atoms with E-state index in [4.69, 9.17) is 0 Å². The molecule has 0 amide bonds. The third-order valence-electron chi connectivity index (χ3n) is 5.09. The Hall–Kier alpha value is -0.860. The molecule has 1 N–H and O–H groups in total. The molecular weight excluding hydrogens is 256 g/mol. The second-order valence-corrected chi connectivity index (χ2v) is 6.55. The Labute approximate surface area is 130 Å². The summed E-state index contributed by atoms with van der Waals surface area (Å²) < 4.78 is 0. The van der Waals surface area contributed by atoms with Crippen molar-refractivity contribution in [1.82, 2.24) is 10.2 Å². The first-order chi connectivity index (χ1) is 10.2. The standard InChI is InChI=1S/C19H32N2/c1-4-18(5-2)16(3)20-19-12-14-21(15-19)13-11-17-9-7-6-8-10-17/h6-10,16,18-20H,4-5,11-15H2,1-3H3. The molecule has 2 heteroatoms. The second kappa shape index (κ2) is 8.55. The van der Waals surface area contributed by atoms with Gasteiger partial charge in [-0.25, -0.2) is 0 Å². The van der Waals surface area contributed by atoms with Crippen molar-refractivity contribution in [2.45, 2.75) is 58.5 Å². The van der Waals surface area contributed by atoms with Crippen molar-refractivity contribution in [1.29, 1.82) is 0 Å². The fourth-order valence-corrected chi connectivity index (χ4v) is 3.61. The molecule has 0 spiro atoms. The Bertz CT molecular complexity index is 386. The maximum Gasteiger partial charge on any atom is 0.0209 e. The van der Waals surface area contributed by atoms with E-state index in [1.54, 1.807) is 0 Å². The van der Waals surface area contributed by atoms with Crippen molar-refractivity contribution < 1.29 is 0 Å². The summed E-state index contributed by atoms with van der Waals surface area (Å²) in [5.74, 6) is 0.823. The van der Waals surface area contributed by atoms with Gasteiger partial charge in [0.1, 0.15) is 0 Å². The lowest BCUT2D eigenvalue weighted by molar-refractivity contribution is 0.298. The Morgan fingerprint density at radius 3 is 2.57 bits per heavy atom. The highest BCUT2D eigenvalue weighted by Crippen LogP contribution is 2.16. The number of hydrogen-bond donors (Lipinski definition) is 1. The Kier molecular flexibility index (Phi) is 6.72. The summed E-state index contributed by atoms with van der Waals surface area (Å²) in [7, 11) is 0. The highest BCUT2D eigenvalue weighted by Gasteiger charge is 2.24. The zero-order valence-electron chi connectivity index (χ0n) is 14.0. The molecule has 1 fully saturated rings. The summed E-state index contributed by atoms with van der Waals surface area (Å²) in [4.78, 5) is 2.62. The first-order valence-electron chi connectivity index (χ1n) is 8.75. The zero-order valence-corrected chi connectivity index (χ0v) is 14.0. The van der Waals surface area contributed by atoms with E-state index in [9.17, 15) is 0 Å². The van der Waals surface area contributed by atoms with Crippen LogP contribution < -0.4 is 5.32 Å². The lowest BCUT2D eigenvalue weighted by atomic mass is 9.95. The second-order valence-electron chi connectivity index (χ2n) is 6.55. The predicted molar refractivity (Wildman–Crippen MR) is 91.7 cm³/mol. The van der Waals surface area contributed by atoms with Crippen LogP contribution in [-0.2, 0) is 6.42 Å². The van der Waals surface area contributed by atoms with E-state index in [0.717, 1.165) is 5.92 Å². The first-order valence-corrected chi connectivity index (χ1v) is 8.75. The van der Waals surface area contributed by atoms with Crippen molar-refractivity contribution >= 4 is 0 Å². The summed E-state index contributed by atoms with van der Waals surface area (Å²) in [6.45, 7) is 10.7. The van der Waals surface area contributed by atoms with E-state index < -0.39 is 0 Å². The summed E-state index contributed by atoms with van der Waals surface area (Å²) in [6.07, 6.45) is 5.05. The van der Waals surface area contributed by atoms with Crippen LogP contribution in [-0.4, -0.2) is 36.6 Å². The van der Waals surface area contributed by atoms with Crippen LogP contribution in [0, 0.1) is 5.92 Å². The van der Waals surface area contributed by atoms with Crippen LogP contribution in [0.3, 0.4) is 0 Å². The van der Waals surface area contributed by atoms with E-state index in [-0.39, 0.29) is 0 Å². The van der Waals surface area contributed by atoms with Crippen molar-refractivity contribution in [2.75, 3.05) is 19.6 Å². The number of nitrogens with zero attached hydrogens (tertiary/aromatic N) is 1. The van der Waals surface area contributed by atoms with Crippen molar-refractivity contribution in [3.63, 3.8) is 0 Å². The van der Waals surface area contributed by atoms with E-state index in [2.05, 4.69) is 61.3 Å². The van der Waals surface area contributed by atoms with Gasteiger partial charge in [-0.2, -0.15) is 0 Å². The van der Waals surface area contributed by atoms with Crippen molar-refractivity contribution in [2.24, 2.45) is 5.92 Å². The van der Waals surface area contributed by atoms with Gasteiger partial charge in [0.25, 0.3) is 0 Å². The normalized spacial score (nSPS) is 21.0. The maximum absolute atomic E-state index is 3.87. The molecule has 0 aliphatic carbocycles. The van der Waals surface area contributed by atoms with E-state index >= 15 is 0 Å².